The fraction of sp³-hybridized carbons (Fsp3) is 0.417. The molecule has 17 heavy (non-hydrogen) atoms. The van der Waals surface area contributed by atoms with E-state index in [0.717, 1.165) is 17.1 Å². The fourth-order valence-corrected chi connectivity index (χ4v) is 2.95. The third kappa shape index (κ3) is 2.92. The minimum absolute atomic E-state index is 0.0979. The summed E-state index contributed by atoms with van der Waals surface area (Å²) in [7, 11) is 1.63. The molecule has 1 aromatic rings. The number of thioether (sulfide) groups is 1. The van der Waals surface area contributed by atoms with Gasteiger partial charge in [0, 0.05) is 17.5 Å². The summed E-state index contributed by atoms with van der Waals surface area (Å²) in [6.07, 6.45) is 0. The van der Waals surface area contributed by atoms with Crippen molar-refractivity contribution >= 4 is 17.7 Å². The number of rotatable bonds is 3. The molecule has 5 heteroatoms. The summed E-state index contributed by atoms with van der Waals surface area (Å²) < 4.78 is 5.10. The van der Waals surface area contributed by atoms with Crippen molar-refractivity contribution in [3.05, 3.63) is 29.8 Å². The van der Waals surface area contributed by atoms with E-state index in [2.05, 4.69) is 5.32 Å². The summed E-state index contributed by atoms with van der Waals surface area (Å²) in [6.45, 7) is 0. The van der Waals surface area contributed by atoms with Crippen LogP contribution in [0.3, 0.4) is 0 Å². The van der Waals surface area contributed by atoms with E-state index in [1.54, 1.807) is 18.9 Å². The van der Waals surface area contributed by atoms with Crippen molar-refractivity contribution in [3.63, 3.8) is 0 Å². The Bertz CT molecular complexity index is 393. The average Bonchev–Trinajstić information content (AvgIpc) is 2.39. The Morgan fingerprint density at radius 2 is 2.12 bits per heavy atom. The number of hydrogen-bond acceptors (Lipinski definition) is 4. The topological polar surface area (TPSA) is 58.6 Å². The molecule has 2 N–H and O–H groups in total. The minimum Gasteiger partial charge on any atom is -0.497 e. The van der Waals surface area contributed by atoms with E-state index in [1.807, 2.05) is 24.3 Å². The molecule has 1 aliphatic rings. The van der Waals surface area contributed by atoms with E-state index in [4.69, 9.17) is 9.84 Å². The molecule has 2 atom stereocenters. The van der Waals surface area contributed by atoms with Crippen LogP contribution in [-0.4, -0.2) is 35.7 Å². The largest absolute Gasteiger partial charge is 0.497 e. The maximum atomic E-state index is 10.9. The maximum Gasteiger partial charge on any atom is 0.321 e. The molecular weight excluding hydrogens is 238 g/mol. The van der Waals surface area contributed by atoms with Gasteiger partial charge >= 0.3 is 5.97 Å². The average molecular weight is 253 g/mol. The lowest BCUT2D eigenvalue weighted by Gasteiger charge is -2.28. The van der Waals surface area contributed by atoms with Gasteiger partial charge in [-0.05, 0) is 17.7 Å². The first-order chi connectivity index (χ1) is 8.20. The first kappa shape index (κ1) is 12.3. The predicted molar refractivity (Wildman–Crippen MR) is 67.6 cm³/mol. The summed E-state index contributed by atoms with van der Waals surface area (Å²) >= 11 is 1.67. The zero-order valence-corrected chi connectivity index (χ0v) is 10.4. The van der Waals surface area contributed by atoms with E-state index in [-0.39, 0.29) is 6.04 Å². The Morgan fingerprint density at radius 3 is 2.71 bits per heavy atom. The van der Waals surface area contributed by atoms with Crippen LogP contribution >= 0.6 is 11.8 Å². The van der Waals surface area contributed by atoms with Gasteiger partial charge < -0.3 is 9.84 Å². The number of nitrogens with one attached hydrogen (secondary N) is 1. The lowest BCUT2D eigenvalue weighted by Crippen LogP contribution is -2.45. The van der Waals surface area contributed by atoms with Crippen molar-refractivity contribution in [1.29, 1.82) is 0 Å². The van der Waals surface area contributed by atoms with Gasteiger partial charge in [0.1, 0.15) is 11.8 Å². The summed E-state index contributed by atoms with van der Waals surface area (Å²) in [4.78, 5) is 10.9. The molecule has 1 fully saturated rings. The van der Waals surface area contributed by atoms with Crippen LogP contribution in [0.15, 0.2) is 24.3 Å². The van der Waals surface area contributed by atoms with E-state index in [1.165, 1.54) is 0 Å². The number of aliphatic carboxylic acids is 1. The van der Waals surface area contributed by atoms with Crippen LogP contribution in [0.1, 0.15) is 11.6 Å². The normalized spacial score (nSPS) is 24.3. The first-order valence-electron chi connectivity index (χ1n) is 5.41. The lowest BCUT2D eigenvalue weighted by atomic mass is 10.1. The summed E-state index contributed by atoms with van der Waals surface area (Å²) in [5.74, 6) is 1.56. The van der Waals surface area contributed by atoms with E-state index in [9.17, 15) is 4.79 Å². The van der Waals surface area contributed by atoms with Gasteiger partial charge in [-0.3, -0.25) is 10.1 Å². The van der Waals surface area contributed by atoms with Crippen molar-refractivity contribution in [2.45, 2.75) is 12.1 Å². The van der Waals surface area contributed by atoms with Crippen molar-refractivity contribution in [2.24, 2.45) is 0 Å². The zero-order chi connectivity index (χ0) is 12.3. The highest BCUT2D eigenvalue weighted by Gasteiger charge is 2.27. The molecule has 0 amide bonds. The standard InChI is InChI=1S/C12H15NO3S/c1-16-9-4-2-8(3-5-9)10-6-17-7-11(13-10)12(14)15/h2-5,10-11,13H,6-7H2,1H3,(H,14,15). The number of methoxy groups -OCH3 is 1. The number of carboxylic acid groups (broad SMARTS) is 1. The number of benzene rings is 1. The molecule has 92 valence electrons. The van der Waals surface area contributed by atoms with Gasteiger partial charge in [-0.25, -0.2) is 0 Å². The Labute approximate surface area is 104 Å². The molecule has 1 aliphatic heterocycles. The van der Waals surface area contributed by atoms with Crippen LogP contribution in [0, 0.1) is 0 Å². The second kappa shape index (κ2) is 5.42. The smallest absolute Gasteiger partial charge is 0.321 e. The van der Waals surface area contributed by atoms with Gasteiger partial charge in [0.05, 0.1) is 7.11 Å². The van der Waals surface area contributed by atoms with Gasteiger partial charge in [0.25, 0.3) is 0 Å². The second-order valence-electron chi connectivity index (χ2n) is 3.92. The van der Waals surface area contributed by atoms with Crippen molar-refractivity contribution in [3.8, 4) is 5.75 Å². The molecule has 1 saturated heterocycles. The van der Waals surface area contributed by atoms with Crippen LogP contribution in [0.5, 0.6) is 5.75 Å². The SMILES string of the molecule is COc1ccc(C2CSCC(C(=O)O)N2)cc1. The highest BCUT2D eigenvalue weighted by atomic mass is 32.2. The Balaban J connectivity index is 2.08. The monoisotopic (exact) mass is 253 g/mol. The van der Waals surface area contributed by atoms with E-state index in [0.29, 0.717) is 5.75 Å². The highest BCUT2D eigenvalue weighted by molar-refractivity contribution is 7.99. The van der Waals surface area contributed by atoms with Gasteiger partial charge in [0.15, 0.2) is 0 Å². The third-order valence-electron chi connectivity index (χ3n) is 2.79. The van der Waals surface area contributed by atoms with Crippen LogP contribution in [0.4, 0.5) is 0 Å². The van der Waals surface area contributed by atoms with Crippen LogP contribution in [0.2, 0.25) is 0 Å². The Morgan fingerprint density at radius 1 is 1.41 bits per heavy atom. The third-order valence-corrected chi connectivity index (χ3v) is 3.93. The van der Waals surface area contributed by atoms with E-state index >= 15 is 0 Å². The van der Waals surface area contributed by atoms with Gasteiger partial charge in [-0.2, -0.15) is 11.8 Å². The molecule has 2 rings (SSSR count). The lowest BCUT2D eigenvalue weighted by molar-refractivity contribution is -0.139. The molecular formula is C12H15NO3S. The number of ether oxygens (including phenoxy) is 1. The van der Waals surface area contributed by atoms with Gasteiger partial charge in [0.2, 0.25) is 0 Å². The van der Waals surface area contributed by atoms with Crippen LogP contribution < -0.4 is 10.1 Å². The molecule has 0 radical (unpaired) electrons. The molecule has 0 bridgehead atoms. The first-order valence-corrected chi connectivity index (χ1v) is 6.56. The Hall–Kier alpha value is -1.20. The Kier molecular flexibility index (Phi) is 3.91. The highest BCUT2D eigenvalue weighted by Crippen LogP contribution is 2.25. The number of hydrogen-bond donors (Lipinski definition) is 2. The fourth-order valence-electron chi connectivity index (χ4n) is 1.81. The second-order valence-corrected chi connectivity index (χ2v) is 5.00. The van der Waals surface area contributed by atoms with Crippen LogP contribution in [-0.2, 0) is 4.79 Å². The van der Waals surface area contributed by atoms with Crippen molar-refractivity contribution in [2.75, 3.05) is 18.6 Å². The summed E-state index contributed by atoms with van der Waals surface area (Å²) in [6, 6.07) is 7.38. The summed E-state index contributed by atoms with van der Waals surface area (Å²) in [5.41, 5.74) is 1.10. The molecule has 1 aromatic carbocycles. The summed E-state index contributed by atoms with van der Waals surface area (Å²) in [5, 5.41) is 12.1. The van der Waals surface area contributed by atoms with Crippen LogP contribution in [0.25, 0.3) is 0 Å². The molecule has 4 nitrogen and oxygen atoms in total. The predicted octanol–water partition coefficient (Wildman–Crippen LogP) is 1.53. The van der Waals surface area contributed by atoms with Gasteiger partial charge in [-0.1, -0.05) is 12.1 Å². The molecule has 0 saturated carbocycles. The van der Waals surface area contributed by atoms with Gasteiger partial charge in [-0.15, -0.1) is 0 Å². The molecule has 0 aliphatic carbocycles. The maximum absolute atomic E-state index is 10.9. The van der Waals surface area contributed by atoms with Crippen molar-refractivity contribution < 1.29 is 14.6 Å². The molecule has 0 spiro atoms. The zero-order valence-electron chi connectivity index (χ0n) is 9.55. The molecule has 0 aromatic heterocycles. The molecule has 2 unspecified atom stereocenters. The minimum atomic E-state index is -0.782. The molecule has 1 heterocycles. The number of carboxylic acids is 1. The quantitative estimate of drug-likeness (QED) is 0.855. The number of carbonyl (C=O) groups is 1. The van der Waals surface area contributed by atoms with E-state index < -0.39 is 12.0 Å². The van der Waals surface area contributed by atoms with Crippen molar-refractivity contribution in [1.82, 2.24) is 5.32 Å².